The van der Waals surface area contributed by atoms with E-state index in [0.717, 1.165) is 33.3 Å². The highest BCUT2D eigenvalue weighted by molar-refractivity contribution is 6.06. The minimum Gasteiger partial charge on any atom is -0.456 e. The van der Waals surface area contributed by atoms with E-state index in [2.05, 4.69) is 127 Å². The van der Waals surface area contributed by atoms with E-state index in [9.17, 15) is 0 Å². The van der Waals surface area contributed by atoms with E-state index in [1.165, 1.54) is 44.5 Å². The summed E-state index contributed by atoms with van der Waals surface area (Å²) in [4.78, 5) is 0. The summed E-state index contributed by atoms with van der Waals surface area (Å²) in [6.07, 6.45) is 0. The van der Waals surface area contributed by atoms with Gasteiger partial charge in [0.15, 0.2) is 0 Å². The van der Waals surface area contributed by atoms with Crippen molar-refractivity contribution in [1.29, 1.82) is 0 Å². The van der Waals surface area contributed by atoms with Crippen molar-refractivity contribution in [2.24, 2.45) is 0 Å². The van der Waals surface area contributed by atoms with Crippen molar-refractivity contribution in [1.82, 2.24) is 0 Å². The quantitative estimate of drug-likeness (QED) is 0.257. The van der Waals surface area contributed by atoms with Gasteiger partial charge in [0.1, 0.15) is 11.2 Å². The van der Waals surface area contributed by atoms with Crippen LogP contribution in [0.1, 0.15) is 22.3 Å². The highest BCUT2D eigenvalue weighted by atomic mass is 16.3. The van der Waals surface area contributed by atoms with Crippen LogP contribution in [0.3, 0.4) is 0 Å². The molecule has 0 fully saturated rings. The second-order valence-electron chi connectivity index (χ2n) is 10.5. The van der Waals surface area contributed by atoms with E-state index in [-0.39, 0.29) is 5.41 Å². The lowest BCUT2D eigenvalue weighted by Gasteiger charge is -2.30. The van der Waals surface area contributed by atoms with Gasteiger partial charge in [-0.25, -0.2) is 0 Å². The molecule has 1 N–H and O–H groups in total. The molecule has 2 aliphatic rings. The summed E-state index contributed by atoms with van der Waals surface area (Å²) in [5.74, 6) is 0. The number of furan rings is 1. The third-order valence-corrected chi connectivity index (χ3v) is 8.68. The van der Waals surface area contributed by atoms with Crippen LogP contribution in [0.25, 0.3) is 44.2 Å². The Kier molecular flexibility index (Phi) is 4.02. The lowest BCUT2D eigenvalue weighted by Crippen LogP contribution is -2.25. The monoisotopic (exact) mass is 497 g/mol. The lowest BCUT2D eigenvalue weighted by molar-refractivity contribution is 0.669. The fourth-order valence-electron chi connectivity index (χ4n) is 7.21. The summed E-state index contributed by atoms with van der Waals surface area (Å²) in [5.41, 5.74) is 14.3. The second kappa shape index (κ2) is 7.49. The minimum atomic E-state index is -0.332. The van der Waals surface area contributed by atoms with E-state index in [0.29, 0.717) is 0 Å². The van der Waals surface area contributed by atoms with Crippen molar-refractivity contribution in [3.8, 4) is 22.3 Å². The summed E-state index contributed by atoms with van der Waals surface area (Å²) in [6, 6.07) is 48.2. The molecule has 0 radical (unpaired) electrons. The van der Waals surface area contributed by atoms with Crippen molar-refractivity contribution < 1.29 is 4.42 Å². The fourth-order valence-corrected chi connectivity index (χ4v) is 7.21. The Morgan fingerprint density at radius 3 is 1.82 bits per heavy atom. The highest BCUT2D eigenvalue weighted by Crippen LogP contribution is 2.63. The first-order chi connectivity index (χ1) is 19.3. The normalized spacial score (nSPS) is 13.8. The number of hydrogen-bond donors (Lipinski definition) is 1. The molecule has 0 bridgehead atoms. The van der Waals surface area contributed by atoms with Crippen molar-refractivity contribution in [3.63, 3.8) is 0 Å². The Bertz CT molecular complexity index is 2070. The van der Waals surface area contributed by atoms with Crippen LogP contribution in [0.4, 0.5) is 11.4 Å². The molecule has 2 nitrogen and oxygen atoms in total. The Morgan fingerprint density at radius 2 is 1.05 bits per heavy atom. The van der Waals surface area contributed by atoms with Gasteiger partial charge in [-0.1, -0.05) is 103 Å². The standard InChI is InChI=1S/C37H23NO/c1-5-14-29-24(10-1)25-11-2-6-15-30(25)37(29)31-16-7-3-13-27(31)36-32(37)17-9-18-33(36)38-23-20-21-35-28(22-23)26-12-4-8-19-34(26)39-35/h1-22,38H. The third-order valence-electron chi connectivity index (χ3n) is 8.68. The second-order valence-corrected chi connectivity index (χ2v) is 10.5. The van der Waals surface area contributed by atoms with Gasteiger partial charge in [-0.2, -0.15) is 0 Å². The van der Waals surface area contributed by atoms with Gasteiger partial charge in [0.25, 0.3) is 0 Å². The first kappa shape index (κ1) is 20.9. The SMILES string of the molecule is c1ccc2c(c1)-c1ccccc1C21c2ccccc2-c2c(Nc3ccc4oc5ccccc5c4c3)cccc21. The molecule has 1 heterocycles. The molecule has 1 aromatic heterocycles. The zero-order chi connectivity index (χ0) is 25.6. The summed E-state index contributed by atoms with van der Waals surface area (Å²) in [5, 5.41) is 6.07. The molecule has 9 rings (SSSR count). The van der Waals surface area contributed by atoms with Gasteiger partial charge < -0.3 is 9.73 Å². The van der Waals surface area contributed by atoms with Crippen LogP contribution in [-0.4, -0.2) is 0 Å². The number of anilines is 2. The lowest BCUT2D eigenvalue weighted by atomic mass is 9.70. The van der Waals surface area contributed by atoms with E-state index >= 15 is 0 Å². The Morgan fingerprint density at radius 1 is 0.462 bits per heavy atom. The molecular weight excluding hydrogens is 474 g/mol. The summed E-state index contributed by atoms with van der Waals surface area (Å²) in [6.45, 7) is 0. The molecule has 0 unspecified atom stereocenters. The van der Waals surface area contributed by atoms with E-state index in [1.807, 2.05) is 12.1 Å². The molecule has 2 aliphatic carbocycles. The number of para-hydroxylation sites is 1. The van der Waals surface area contributed by atoms with Crippen LogP contribution in [0.5, 0.6) is 0 Å². The van der Waals surface area contributed by atoms with Gasteiger partial charge in [0.05, 0.1) is 5.41 Å². The zero-order valence-electron chi connectivity index (χ0n) is 21.1. The minimum absolute atomic E-state index is 0.332. The van der Waals surface area contributed by atoms with Gasteiger partial charge >= 0.3 is 0 Å². The number of benzene rings is 6. The number of hydrogen-bond acceptors (Lipinski definition) is 2. The van der Waals surface area contributed by atoms with Gasteiger partial charge in [-0.15, -0.1) is 0 Å². The zero-order valence-corrected chi connectivity index (χ0v) is 21.1. The average Bonchev–Trinajstić information content (AvgIpc) is 3.62. The maximum atomic E-state index is 6.08. The topological polar surface area (TPSA) is 25.2 Å². The molecule has 2 heteroatoms. The molecule has 39 heavy (non-hydrogen) atoms. The molecule has 0 atom stereocenters. The summed E-state index contributed by atoms with van der Waals surface area (Å²) < 4.78 is 6.08. The largest absolute Gasteiger partial charge is 0.456 e. The van der Waals surface area contributed by atoms with Crippen LogP contribution in [0.15, 0.2) is 138 Å². The average molecular weight is 498 g/mol. The molecule has 6 aromatic carbocycles. The molecular formula is C37H23NO. The Hall–Kier alpha value is -5.08. The predicted octanol–water partition coefficient (Wildman–Crippen LogP) is 9.67. The van der Waals surface area contributed by atoms with Crippen molar-refractivity contribution in [2.75, 3.05) is 5.32 Å². The number of nitrogens with one attached hydrogen (secondary N) is 1. The van der Waals surface area contributed by atoms with Gasteiger partial charge in [0, 0.05) is 27.7 Å². The molecule has 1 spiro atoms. The molecule has 7 aromatic rings. The summed E-state index contributed by atoms with van der Waals surface area (Å²) in [7, 11) is 0. The fraction of sp³-hybridized carbons (Fsp3) is 0.0270. The smallest absolute Gasteiger partial charge is 0.135 e. The van der Waals surface area contributed by atoms with Crippen LogP contribution in [0, 0.1) is 0 Å². The molecule has 0 saturated heterocycles. The van der Waals surface area contributed by atoms with E-state index < -0.39 is 0 Å². The van der Waals surface area contributed by atoms with Gasteiger partial charge in [0.2, 0.25) is 0 Å². The van der Waals surface area contributed by atoms with Crippen LogP contribution >= 0.6 is 0 Å². The van der Waals surface area contributed by atoms with Crippen molar-refractivity contribution >= 4 is 33.3 Å². The molecule has 182 valence electrons. The van der Waals surface area contributed by atoms with E-state index in [1.54, 1.807) is 0 Å². The van der Waals surface area contributed by atoms with Gasteiger partial charge in [-0.05, 0) is 69.3 Å². The molecule has 0 amide bonds. The maximum absolute atomic E-state index is 6.08. The summed E-state index contributed by atoms with van der Waals surface area (Å²) >= 11 is 0. The Balaban J connectivity index is 1.30. The van der Waals surface area contributed by atoms with Gasteiger partial charge in [-0.3, -0.25) is 0 Å². The van der Waals surface area contributed by atoms with Crippen LogP contribution in [-0.2, 0) is 5.41 Å². The van der Waals surface area contributed by atoms with Crippen LogP contribution < -0.4 is 5.32 Å². The van der Waals surface area contributed by atoms with Crippen LogP contribution in [0.2, 0.25) is 0 Å². The number of rotatable bonds is 2. The Labute approximate surface area is 226 Å². The number of fused-ring (bicyclic) bond motifs is 13. The van der Waals surface area contributed by atoms with Crippen molar-refractivity contribution in [3.05, 3.63) is 156 Å². The molecule has 0 saturated carbocycles. The first-order valence-electron chi connectivity index (χ1n) is 13.4. The predicted molar refractivity (Wildman–Crippen MR) is 160 cm³/mol. The maximum Gasteiger partial charge on any atom is 0.135 e. The first-order valence-corrected chi connectivity index (χ1v) is 13.4. The van der Waals surface area contributed by atoms with Crippen molar-refractivity contribution in [2.45, 2.75) is 5.41 Å². The highest BCUT2D eigenvalue weighted by Gasteiger charge is 2.51. The third kappa shape index (κ3) is 2.60. The molecule has 0 aliphatic heterocycles. The van der Waals surface area contributed by atoms with E-state index in [4.69, 9.17) is 4.42 Å².